The standard InChI is InChI=1S/C21H26O7/c1-22-13-26-18-9-17(10-19(12-18)27-14-23-2)6-5-16-7-8-20(28-15-24-3)21(11-16)25-4/h5-12H,13-15H2,1-4H3/b6-5+. The van der Waals surface area contributed by atoms with Gasteiger partial charge in [-0.15, -0.1) is 0 Å². The van der Waals surface area contributed by atoms with E-state index in [4.69, 9.17) is 33.2 Å². The Labute approximate surface area is 165 Å². The van der Waals surface area contributed by atoms with E-state index < -0.39 is 0 Å². The summed E-state index contributed by atoms with van der Waals surface area (Å²) < 4.78 is 36.8. The van der Waals surface area contributed by atoms with E-state index in [1.54, 1.807) is 34.5 Å². The molecule has 0 saturated carbocycles. The van der Waals surface area contributed by atoms with Gasteiger partial charge in [-0.25, -0.2) is 0 Å². The third-order valence-electron chi connectivity index (χ3n) is 3.58. The summed E-state index contributed by atoms with van der Waals surface area (Å²) in [5, 5.41) is 0. The molecule has 0 aliphatic rings. The molecule has 2 rings (SSSR count). The molecule has 2 aromatic rings. The van der Waals surface area contributed by atoms with Crippen molar-refractivity contribution in [3.8, 4) is 23.0 Å². The second kappa shape index (κ2) is 11.9. The summed E-state index contributed by atoms with van der Waals surface area (Å²) in [6.07, 6.45) is 3.90. The van der Waals surface area contributed by atoms with E-state index in [0.717, 1.165) is 11.1 Å². The lowest BCUT2D eigenvalue weighted by molar-refractivity contribution is 0.0460. The summed E-state index contributed by atoms with van der Waals surface area (Å²) in [5.74, 6) is 2.51. The molecule has 7 heteroatoms. The Bertz CT molecular complexity index is 732. The van der Waals surface area contributed by atoms with Crippen LogP contribution in [-0.2, 0) is 14.2 Å². The van der Waals surface area contributed by atoms with Crippen LogP contribution in [0.1, 0.15) is 11.1 Å². The fraction of sp³-hybridized carbons (Fsp3) is 0.333. The average Bonchev–Trinajstić information content (AvgIpc) is 2.73. The van der Waals surface area contributed by atoms with Crippen LogP contribution in [0.2, 0.25) is 0 Å². The molecule has 0 bridgehead atoms. The SMILES string of the molecule is COCOc1cc(/C=C/c2ccc(OCOC)c(OC)c2)cc(OCOC)c1. The molecular formula is C21H26O7. The van der Waals surface area contributed by atoms with Crippen LogP contribution in [0.25, 0.3) is 12.2 Å². The normalized spacial score (nSPS) is 10.9. The minimum absolute atomic E-state index is 0.150. The molecule has 2 aromatic carbocycles. The Hall–Kier alpha value is -2.74. The Morgan fingerprint density at radius 3 is 1.75 bits per heavy atom. The molecule has 0 amide bonds. The maximum atomic E-state index is 5.53. The summed E-state index contributed by atoms with van der Waals surface area (Å²) in [5.41, 5.74) is 1.85. The molecule has 0 aromatic heterocycles. The zero-order valence-corrected chi connectivity index (χ0v) is 16.6. The van der Waals surface area contributed by atoms with Gasteiger partial charge in [0.15, 0.2) is 31.9 Å². The van der Waals surface area contributed by atoms with E-state index in [1.165, 1.54) is 0 Å². The largest absolute Gasteiger partial charge is 0.493 e. The van der Waals surface area contributed by atoms with E-state index in [-0.39, 0.29) is 20.4 Å². The van der Waals surface area contributed by atoms with Gasteiger partial charge in [0.25, 0.3) is 0 Å². The second-order valence-electron chi connectivity index (χ2n) is 5.63. The van der Waals surface area contributed by atoms with Crippen LogP contribution in [0.4, 0.5) is 0 Å². The highest BCUT2D eigenvalue weighted by atomic mass is 16.7. The molecule has 0 heterocycles. The summed E-state index contributed by atoms with van der Waals surface area (Å²) in [6.45, 7) is 0.456. The quantitative estimate of drug-likeness (QED) is 0.403. The highest BCUT2D eigenvalue weighted by Crippen LogP contribution is 2.29. The minimum Gasteiger partial charge on any atom is -0.493 e. The van der Waals surface area contributed by atoms with E-state index >= 15 is 0 Å². The monoisotopic (exact) mass is 390 g/mol. The maximum absolute atomic E-state index is 5.53. The Morgan fingerprint density at radius 1 is 0.607 bits per heavy atom. The van der Waals surface area contributed by atoms with Crippen molar-refractivity contribution >= 4 is 12.2 Å². The Balaban J connectivity index is 2.21. The number of rotatable bonds is 12. The number of methoxy groups -OCH3 is 4. The third-order valence-corrected chi connectivity index (χ3v) is 3.58. The first-order chi connectivity index (χ1) is 13.7. The van der Waals surface area contributed by atoms with E-state index in [0.29, 0.717) is 23.0 Å². The molecule has 0 N–H and O–H groups in total. The lowest BCUT2D eigenvalue weighted by Gasteiger charge is -2.11. The number of ether oxygens (including phenoxy) is 7. The van der Waals surface area contributed by atoms with Gasteiger partial charge < -0.3 is 33.2 Å². The third kappa shape index (κ3) is 6.77. The van der Waals surface area contributed by atoms with Crippen molar-refractivity contribution in [1.82, 2.24) is 0 Å². The van der Waals surface area contributed by atoms with Gasteiger partial charge in [-0.2, -0.15) is 0 Å². The van der Waals surface area contributed by atoms with E-state index in [2.05, 4.69) is 0 Å². The molecule has 152 valence electrons. The summed E-state index contributed by atoms with van der Waals surface area (Å²) in [7, 11) is 6.30. The highest BCUT2D eigenvalue weighted by molar-refractivity contribution is 5.72. The molecule has 0 spiro atoms. The number of benzene rings is 2. The molecule has 0 fully saturated rings. The van der Waals surface area contributed by atoms with Gasteiger partial charge in [0.1, 0.15) is 11.5 Å². The van der Waals surface area contributed by atoms with Crippen LogP contribution in [0, 0.1) is 0 Å². The molecule has 0 aliphatic heterocycles. The molecule has 0 radical (unpaired) electrons. The fourth-order valence-electron chi connectivity index (χ4n) is 2.33. The first-order valence-corrected chi connectivity index (χ1v) is 8.56. The Kier molecular flexibility index (Phi) is 9.14. The predicted molar refractivity (Wildman–Crippen MR) is 106 cm³/mol. The van der Waals surface area contributed by atoms with Gasteiger partial charge in [0.05, 0.1) is 7.11 Å². The van der Waals surface area contributed by atoms with Crippen molar-refractivity contribution in [2.24, 2.45) is 0 Å². The lowest BCUT2D eigenvalue weighted by atomic mass is 10.1. The molecule has 0 aliphatic carbocycles. The Morgan fingerprint density at radius 2 is 1.18 bits per heavy atom. The van der Waals surface area contributed by atoms with Crippen molar-refractivity contribution in [2.45, 2.75) is 0 Å². The lowest BCUT2D eigenvalue weighted by Crippen LogP contribution is -2.02. The van der Waals surface area contributed by atoms with Gasteiger partial charge in [-0.05, 0) is 35.4 Å². The first kappa shape index (κ1) is 21.6. The van der Waals surface area contributed by atoms with Crippen molar-refractivity contribution in [3.05, 3.63) is 47.5 Å². The zero-order chi connectivity index (χ0) is 20.2. The van der Waals surface area contributed by atoms with Crippen LogP contribution in [0.5, 0.6) is 23.0 Å². The highest BCUT2D eigenvalue weighted by Gasteiger charge is 2.05. The molecule has 28 heavy (non-hydrogen) atoms. The first-order valence-electron chi connectivity index (χ1n) is 8.56. The number of hydrogen-bond acceptors (Lipinski definition) is 7. The van der Waals surface area contributed by atoms with Gasteiger partial charge in [-0.1, -0.05) is 18.2 Å². The van der Waals surface area contributed by atoms with Crippen molar-refractivity contribution in [3.63, 3.8) is 0 Å². The van der Waals surface area contributed by atoms with Crippen molar-refractivity contribution in [1.29, 1.82) is 0 Å². The average molecular weight is 390 g/mol. The number of hydrogen-bond donors (Lipinski definition) is 0. The smallest absolute Gasteiger partial charge is 0.188 e. The van der Waals surface area contributed by atoms with Crippen molar-refractivity contribution in [2.75, 3.05) is 48.8 Å². The van der Waals surface area contributed by atoms with Crippen LogP contribution in [0.15, 0.2) is 36.4 Å². The topological polar surface area (TPSA) is 64.6 Å². The van der Waals surface area contributed by atoms with Crippen LogP contribution >= 0.6 is 0 Å². The van der Waals surface area contributed by atoms with Crippen LogP contribution in [-0.4, -0.2) is 48.8 Å². The van der Waals surface area contributed by atoms with Gasteiger partial charge in [-0.3, -0.25) is 0 Å². The van der Waals surface area contributed by atoms with Gasteiger partial charge in [0, 0.05) is 27.4 Å². The zero-order valence-electron chi connectivity index (χ0n) is 16.6. The van der Waals surface area contributed by atoms with Crippen molar-refractivity contribution < 1.29 is 33.2 Å². The van der Waals surface area contributed by atoms with E-state index in [1.807, 2.05) is 42.5 Å². The molecule has 0 unspecified atom stereocenters. The molecule has 0 saturated heterocycles. The summed E-state index contributed by atoms with van der Waals surface area (Å²) in [4.78, 5) is 0. The van der Waals surface area contributed by atoms with Gasteiger partial charge >= 0.3 is 0 Å². The van der Waals surface area contributed by atoms with Crippen LogP contribution < -0.4 is 18.9 Å². The summed E-state index contributed by atoms with van der Waals surface area (Å²) >= 11 is 0. The van der Waals surface area contributed by atoms with Gasteiger partial charge in [0.2, 0.25) is 0 Å². The predicted octanol–water partition coefficient (Wildman–Crippen LogP) is 3.81. The molecular weight excluding hydrogens is 364 g/mol. The van der Waals surface area contributed by atoms with E-state index in [9.17, 15) is 0 Å². The summed E-state index contributed by atoms with van der Waals surface area (Å²) in [6, 6.07) is 11.2. The minimum atomic E-state index is 0.150. The fourth-order valence-corrected chi connectivity index (χ4v) is 2.33. The maximum Gasteiger partial charge on any atom is 0.188 e. The molecule has 0 atom stereocenters. The van der Waals surface area contributed by atoms with Crippen LogP contribution in [0.3, 0.4) is 0 Å². The second-order valence-corrected chi connectivity index (χ2v) is 5.63. The molecule has 7 nitrogen and oxygen atoms in total.